The Bertz CT molecular complexity index is 969. The summed E-state index contributed by atoms with van der Waals surface area (Å²) < 4.78 is 30.4. The van der Waals surface area contributed by atoms with Crippen molar-refractivity contribution in [1.29, 1.82) is 0 Å². The van der Waals surface area contributed by atoms with Gasteiger partial charge in [0, 0.05) is 24.0 Å². The van der Waals surface area contributed by atoms with E-state index in [9.17, 15) is 13.2 Å². The smallest absolute Gasteiger partial charge is 0.258 e. The molecule has 7 nitrogen and oxygen atoms in total. The monoisotopic (exact) mass is 487 g/mol. The number of carbonyl (C=O) groups is 1. The highest BCUT2D eigenvalue weighted by Crippen LogP contribution is 2.25. The molecule has 0 saturated carbocycles. The van der Waals surface area contributed by atoms with E-state index >= 15 is 0 Å². The Labute approximate surface area is 193 Å². The summed E-state index contributed by atoms with van der Waals surface area (Å²) in [6, 6.07) is 11.6. The molecular formula is C21H27Cl2N3O4S. The molecule has 0 radical (unpaired) electrons. The summed E-state index contributed by atoms with van der Waals surface area (Å²) in [5.74, 6) is 0.226. The van der Waals surface area contributed by atoms with Gasteiger partial charge in [0.05, 0.1) is 16.3 Å². The van der Waals surface area contributed by atoms with Crippen molar-refractivity contribution in [3.63, 3.8) is 0 Å². The first-order valence-electron chi connectivity index (χ1n) is 9.85. The number of hydrogen-bond acceptors (Lipinski definition) is 5. The number of carbonyl (C=O) groups excluding carboxylic acids is 1. The molecule has 2 rings (SSSR count). The van der Waals surface area contributed by atoms with E-state index in [1.165, 1.54) is 0 Å². The van der Waals surface area contributed by atoms with Gasteiger partial charge in [-0.3, -0.25) is 9.52 Å². The lowest BCUT2D eigenvalue weighted by Gasteiger charge is -2.20. The Hall–Kier alpha value is -2.16. The van der Waals surface area contributed by atoms with E-state index in [0.29, 0.717) is 28.0 Å². The molecule has 2 aromatic carbocycles. The van der Waals surface area contributed by atoms with E-state index in [2.05, 4.69) is 22.3 Å². The highest BCUT2D eigenvalue weighted by atomic mass is 35.5. The summed E-state index contributed by atoms with van der Waals surface area (Å²) >= 11 is 12.0. The van der Waals surface area contributed by atoms with Gasteiger partial charge in [-0.05, 0) is 48.9 Å². The minimum Gasteiger partial charge on any atom is -0.484 e. The number of halogens is 2. The van der Waals surface area contributed by atoms with Gasteiger partial charge in [-0.15, -0.1) is 0 Å². The second kappa shape index (κ2) is 12.0. The van der Waals surface area contributed by atoms with Crippen molar-refractivity contribution in [2.24, 2.45) is 0 Å². The van der Waals surface area contributed by atoms with Gasteiger partial charge in [0.1, 0.15) is 5.75 Å². The SMILES string of the molecule is CCCC[C@@H](CNc1ccc(Cl)c(Cl)c1)NC(=O)COc1ccc(NS(C)(=O)=O)cc1. The van der Waals surface area contributed by atoms with E-state index in [1.807, 2.05) is 6.07 Å². The van der Waals surface area contributed by atoms with Gasteiger partial charge in [0.2, 0.25) is 10.0 Å². The van der Waals surface area contributed by atoms with E-state index in [-0.39, 0.29) is 18.6 Å². The first-order chi connectivity index (χ1) is 14.7. The minimum atomic E-state index is -3.34. The minimum absolute atomic E-state index is 0.0770. The summed E-state index contributed by atoms with van der Waals surface area (Å²) in [5.41, 5.74) is 1.25. The highest BCUT2D eigenvalue weighted by molar-refractivity contribution is 7.92. The molecule has 0 heterocycles. The standard InChI is InChI=1S/C21H27Cl2N3O4S/c1-3-4-5-17(13-24-16-8-11-19(22)20(23)12-16)25-21(27)14-30-18-9-6-15(7-10-18)26-31(2,28)29/h6-12,17,24,26H,3-5,13-14H2,1-2H3,(H,25,27)/t17-/m0/s1. The van der Waals surface area contributed by atoms with Crippen LogP contribution in [0.4, 0.5) is 11.4 Å². The van der Waals surface area contributed by atoms with Crippen LogP contribution in [0.25, 0.3) is 0 Å². The molecule has 170 valence electrons. The third kappa shape index (κ3) is 9.67. The van der Waals surface area contributed by atoms with Gasteiger partial charge in [0.25, 0.3) is 5.91 Å². The van der Waals surface area contributed by atoms with Crippen molar-refractivity contribution in [1.82, 2.24) is 5.32 Å². The molecule has 10 heteroatoms. The summed E-state index contributed by atoms with van der Waals surface area (Å²) in [4.78, 5) is 12.4. The fourth-order valence-corrected chi connectivity index (χ4v) is 3.64. The average molecular weight is 488 g/mol. The fourth-order valence-electron chi connectivity index (χ4n) is 2.77. The van der Waals surface area contributed by atoms with Crippen LogP contribution in [-0.4, -0.2) is 39.8 Å². The average Bonchev–Trinajstić information content (AvgIpc) is 2.71. The molecule has 0 fully saturated rings. The molecule has 0 bridgehead atoms. The number of rotatable bonds is 12. The van der Waals surface area contributed by atoms with Gasteiger partial charge in [0.15, 0.2) is 6.61 Å². The Balaban J connectivity index is 1.85. The molecule has 0 aliphatic rings. The molecule has 0 unspecified atom stereocenters. The zero-order valence-corrected chi connectivity index (χ0v) is 19.8. The van der Waals surface area contributed by atoms with Gasteiger partial charge in [-0.25, -0.2) is 8.42 Å². The number of amides is 1. The van der Waals surface area contributed by atoms with Crippen LogP contribution in [0.2, 0.25) is 10.0 Å². The second-order valence-electron chi connectivity index (χ2n) is 7.10. The lowest BCUT2D eigenvalue weighted by Crippen LogP contribution is -2.42. The molecule has 0 spiro atoms. The van der Waals surface area contributed by atoms with Crippen LogP contribution in [0.1, 0.15) is 26.2 Å². The van der Waals surface area contributed by atoms with Crippen LogP contribution < -0.4 is 20.1 Å². The highest BCUT2D eigenvalue weighted by Gasteiger charge is 2.13. The topological polar surface area (TPSA) is 96.5 Å². The molecule has 0 aliphatic heterocycles. The maximum absolute atomic E-state index is 12.4. The molecule has 0 aliphatic carbocycles. The van der Waals surface area contributed by atoms with E-state index in [0.717, 1.165) is 31.2 Å². The van der Waals surface area contributed by atoms with Crippen LogP contribution in [0.15, 0.2) is 42.5 Å². The number of hydrogen-bond donors (Lipinski definition) is 3. The van der Waals surface area contributed by atoms with E-state index in [4.69, 9.17) is 27.9 Å². The van der Waals surface area contributed by atoms with Crippen molar-refractivity contribution >= 4 is 50.5 Å². The number of nitrogens with one attached hydrogen (secondary N) is 3. The quantitative estimate of drug-likeness (QED) is 0.408. The summed E-state index contributed by atoms with van der Waals surface area (Å²) in [6.45, 7) is 2.49. The van der Waals surface area contributed by atoms with Gasteiger partial charge in [-0.2, -0.15) is 0 Å². The third-order valence-corrected chi connectivity index (χ3v) is 5.62. The maximum atomic E-state index is 12.4. The lowest BCUT2D eigenvalue weighted by molar-refractivity contribution is -0.123. The van der Waals surface area contributed by atoms with Crippen LogP contribution in [0.5, 0.6) is 5.75 Å². The second-order valence-corrected chi connectivity index (χ2v) is 9.67. The molecule has 31 heavy (non-hydrogen) atoms. The van der Waals surface area contributed by atoms with Crippen LogP contribution >= 0.6 is 23.2 Å². The van der Waals surface area contributed by atoms with Crippen molar-refractivity contribution in [2.75, 3.05) is 29.4 Å². The number of benzene rings is 2. The van der Waals surface area contributed by atoms with Crippen LogP contribution in [-0.2, 0) is 14.8 Å². The molecule has 3 N–H and O–H groups in total. The molecular weight excluding hydrogens is 461 g/mol. The van der Waals surface area contributed by atoms with E-state index in [1.54, 1.807) is 36.4 Å². The summed E-state index contributed by atoms with van der Waals surface area (Å²) in [7, 11) is -3.34. The number of sulfonamides is 1. The van der Waals surface area contributed by atoms with Crippen molar-refractivity contribution in [2.45, 2.75) is 32.2 Å². The first kappa shape index (κ1) is 25.1. The first-order valence-corrected chi connectivity index (χ1v) is 12.5. The molecule has 2 aromatic rings. The van der Waals surface area contributed by atoms with Gasteiger partial charge in [-0.1, -0.05) is 43.0 Å². The Morgan fingerprint density at radius 1 is 1.06 bits per heavy atom. The summed E-state index contributed by atoms with van der Waals surface area (Å²) in [6.07, 6.45) is 3.89. The third-order valence-electron chi connectivity index (χ3n) is 4.27. The molecule has 0 saturated heterocycles. The predicted octanol–water partition coefficient (Wildman–Crippen LogP) is 4.53. The van der Waals surface area contributed by atoms with Crippen molar-refractivity contribution in [3.8, 4) is 5.75 Å². The van der Waals surface area contributed by atoms with Crippen molar-refractivity contribution in [3.05, 3.63) is 52.5 Å². The number of anilines is 2. The largest absolute Gasteiger partial charge is 0.484 e. The van der Waals surface area contributed by atoms with Gasteiger partial charge < -0.3 is 15.4 Å². The zero-order valence-electron chi connectivity index (χ0n) is 17.5. The lowest BCUT2D eigenvalue weighted by atomic mass is 10.1. The van der Waals surface area contributed by atoms with Crippen LogP contribution in [0.3, 0.4) is 0 Å². The maximum Gasteiger partial charge on any atom is 0.258 e. The number of ether oxygens (including phenoxy) is 1. The Morgan fingerprint density at radius 3 is 2.35 bits per heavy atom. The fraction of sp³-hybridized carbons (Fsp3) is 0.381. The Morgan fingerprint density at radius 2 is 1.74 bits per heavy atom. The van der Waals surface area contributed by atoms with Gasteiger partial charge >= 0.3 is 0 Å². The summed E-state index contributed by atoms with van der Waals surface area (Å²) in [5, 5.41) is 7.21. The zero-order chi connectivity index (χ0) is 22.9. The number of unbranched alkanes of at least 4 members (excludes halogenated alkanes) is 1. The molecule has 1 atom stereocenters. The van der Waals surface area contributed by atoms with E-state index < -0.39 is 10.0 Å². The van der Waals surface area contributed by atoms with Crippen LogP contribution in [0, 0.1) is 0 Å². The molecule has 1 amide bonds. The molecule has 0 aromatic heterocycles. The van der Waals surface area contributed by atoms with Crippen molar-refractivity contribution < 1.29 is 17.9 Å². The normalized spacial score (nSPS) is 12.1. The Kier molecular flexibility index (Phi) is 9.74. The predicted molar refractivity (Wildman–Crippen MR) is 127 cm³/mol.